The highest BCUT2D eigenvalue weighted by Gasteiger charge is 2.40. The lowest BCUT2D eigenvalue weighted by Gasteiger charge is -2.16. The Balaban J connectivity index is 1.70. The molecule has 152 valence electrons. The van der Waals surface area contributed by atoms with Crippen LogP contribution in [0.4, 0.5) is 5.69 Å². The van der Waals surface area contributed by atoms with Crippen molar-refractivity contribution in [3.63, 3.8) is 0 Å². The first-order chi connectivity index (χ1) is 14.6. The quantitative estimate of drug-likeness (QED) is 0.492. The van der Waals surface area contributed by atoms with Gasteiger partial charge in [0, 0.05) is 0 Å². The summed E-state index contributed by atoms with van der Waals surface area (Å²) in [5, 5.41) is 0. The molecule has 3 aromatic rings. The van der Waals surface area contributed by atoms with Gasteiger partial charge in [0.05, 0.1) is 34.8 Å². The summed E-state index contributed by atoms with van der Waals surface area (Å²) < 4.78 is 10.9. The van der Waals surface area contributed by atoms with Gasteiger partial charge in [0.25, 0.3) is 11.8 Å². The predicted molar refractivity (Wildman–Crippen MR) is 118 cm³/mol. The predicted octanol–water partition coefficient (Wildman–Crippen LogP) is 5.20. The smallest absolute Gasteiger partial charge is 0.272 e. The van der Waals surface area contributed by atoms with Crippen molar-refractivity contribution >= 4 is 34.8 Å². The van der Waals surface area contributed by atoms with E-state index in [1.54, 1.807) is 36.6 Å². The number of hydrogen-bond donors (Lipinski definition) is 0. The minimum absolute atomic E-state index is 0.323. The average Bonchev–Trinajstić information content (AvgIpc) is 3.35. The van der Waals surface area contributed by atoms with Crippen molar-refractivity contribution in [1.29, 1.82) is 0 Å². The van der Waals surface area contributed by atoms with Crippen molar-refractivity contribution in [3.05, 3.63) is 88.7 Å². The zero-order chi connectivity index (χ0) is 21.1. The van der Waals surface area contributed by atoms with E-state index in [0.29, 0.717) is 34.3 Å². The van der Waals surface area contributed by atoms with Crippen LogP contribution in [0.1, 0.15) is 23.8 Å². The van der Waals surface area contributed by atoms with E-state index in [1.807, 2.05) is 44.2 Å². The maximum atomic E-state index is 13.4. The molecule has 1 aliphatic heterocycles. The van der Waals surface area contributed by atoms with Crippen LogP contribution in [0.3, 0.4) is 0 Å². The topological polar surface area (TPSA) is 59.8 Å². The normalized spacial score (nSPS) is 14.0. The van der Waals surface area contributed by atoms with Crippen LogP contribution in [0.25, 0.3) is 5.57 Å². The summed E-state index contributed by atoms with van der Waals surface area (Å²) >= 11 is 1.32. The number of carbonyl (C=O) groups excluding carboxylic acids is 2. The van der Waals surface area contributed by atoms with Crippen molar-refractivity contribution in [1.82, 2.24) is 0 Å². The Labute approximate surface area is 179 Å². The lowest BCUT2D eigenvalue weighted by atomic mass is 10.0. The summed E-state index contributed by atoms with van der Waals surface area (Å²) in [5.74, 6) is 1.26. The van der Waals surface area contributed by atoms with Gasteiger partial charge >= 0.3 is 0 Å². The molecule has 30 heavy (non-hydrogen) atoms. The monoisotopic (exact) mass is 419 g/mol. The van der Waals surface area contributed by atoms with Gasteiger partial charge in [-0.15, -0.1) is 11.8 Å². The van der Waals surface area contributed by atoms with Gasteiger partial charge in [-0.3, -0.25) is 9.59 Å². The number of furan rings is 1. The van der Waals surface area contributed by atoms with E-state index in [-0.39, 0.29) is 11.8 Å². The first-order valence-electron chi connectivity index (χ1n) is 9.66. The summed E-state index contributed by atoms with van der Waals surface area (Å²) in [7, 11) is 0. The lowest BCUT2D eigenvalue weighted by Crippen LogP contribution is -2.31. The van der Waals surface area contributed by atoms with Crippen LogP contribution in [0.2, 0.25) is 0 Å². The molecule has 0 aliphatic carbocycles. The van der Waals surface area contributed by atoms with Gasteiger partial charge in [0.15, 0.2) is 0 Å². The number of carbonyl (C=O) groups is 2. The summed E-state index contributed by atoms with van der Waals surface area (Å²) in [6.45, 7) is 4.44. The van der Waals surface area contributed by atoms with Crippen molar-refractivity contribution in [2.45, 2.75) is 19.6 Å². The highest BCUT2D eigenvalue weighted by Crippen LogP contribution is 2.40. The maximum Gasteiger partial charge on any atom is 0.272 e. The minimum atomic E-state index is -0.324. The van der Waals surface area contributed by atoms with Crippen LogP contribution in [-0.2, 0) is 15.3 Å². The van der Waals surface area contributed by atoms with Gasteiger partial charge < -0.3 is 9.15 Å². The fourth-order valence-corrected chi connectivity index (χ4v) is 4.26. The molecule has 0 unspecified atom stereocenters. The highest BCUT2D eigenvalue weighted by molar-refractivity contribution is 8.03. The van der Waals surface area contributed by atoms with Crippen LogP contribution < -0.4 is 9.64 Å². The summed E-state index contributed by atoms with van der Waals surface area (Å²) in [4.78, 5) is 28.3. The van der Waals surface area contributed by atoms with Crippen molar-refractivity contribution < 1.29 is 18.7 Å². The largest absolute Gasteiger partial charge is 0.494 e. The van der Waals surface area contributed by atoms with Crippen LogP contribution in [0.15, 0.2) is 76.2 Å². The number of aryl methyl sites for hydroxylation is 1. The molecule has 0 atom stereocenters. The van der Waals surface area contributed by atoms with Gasteiger partial charge in [-0.1, -0.05) is 29.8 Å². The molecule has 0 saturated carbocycles. The molecule has 0 saturated heterocycles. The molecule has 0 bridgehead atoms. The fraction of sp³-hybridized carbons (Fsp3) is 0.167. The standard InChI is InChI=1S/C24H21NO4S/c1-3-28-19-12-10-18(11-13-19)25-23(26)21(17-8-6-16(2)7-9-17)22(24(25)27)30-15-20-5-4-14-29-20/h4-14H,3,15H2,1-2H3. The Morgan fingerprint density at radius 1 is 0.967 bits per heavy atom. The molecule has 0 radical (unpaired) electrons. The molecule has 0 N–H and O–H groups in total. The molecule has 2 amide bonds. The van der Waals surface area contributed by atoms with Crippen LogP contribution in [-0.4, -0.2) is 18.4 Å². The molecular formula is C24H21NO4S. The Morgan fingerprint density at radius 3 is 2.33 bits per heavy atom. The number of rotatable bonds is 7. The summed E-state index contributed by atoms with van der Waals surface area (Å²) in [6.07, 6.45) is 1.60. The molecule has 6 heteroatoms. The number of nitrogens with zero attached hydrogens (tertiary/aromatic N) is 1. The molecule has 4 rings (SSSR count). The Bertz CT molecular complexity index is 1080. The molecule has 0 fully saturated rings. The molecule has 1 aliphatic rings. The van der Waals surface area contributed by atoms with Gasteiger partial charge in [-0.05, 0) is 55.8 Å². The van der Waals surface area contributed by atoms with Gasteiger partial charge in [0.1, 0.15) is 11.5 Å². The van der Waals surface area contributed by atoms with E-state index in [2.05, 4.69) is 0 Å². The van der Waals surface area contributed by atoms with E-state index in [0.717, 1.165) is 16.9 Å². The number of imide groups is 1. The lowest BCUT2D eigenvalue weighted by molar-refractivity contribution is -0.119. The second-order valence-electron chi connectivity index (χ2n) is 6.81. The second-order valence-corrected chi connectivity index (χ2v) is 7.80. The van der Waals surface area contributed by atoms with Crippen LogP contribution in [0, 0.1) is 6.92 Å². The zero-order valence-corrected chi connectivity index (χ0v) is 17.6. The third-order valence-electron chi connectivity index (χ3n) is 4.73. The molecular weight excluding hydrogens is 398 g/mol. The van der Waals surface area contributed by atoms with E-state index in [1.165, 1.54) is 16.7 Å². The molecule has 2 heterocycles. The number of amides is 2. The second kappa shape index (κ2) is 8.63. The van der Waals surface area contributed by atoms with Crippen molar-refractivity contribution in [3.8, 4) is 5.75 Å². The van der Waals surface area contributed by atoms with E-state index in [9.17, 15) is 9.59 Å². The summed E-state index contributed by atoms with van der Waals surface area (Å²) in [5.41, 5.74) is 2.76. The fourth-order valence-electron chi connectivity index (χ4n) is 3.25. The van der Waals surface area contributed by atoms with E-state index < -0.39 is 0 Å². The molecule has 0 spiro atoms. The van der Waals surface area contributed by atoms with Gasteiger partial charge in [-0.2, -0.15) is 0 Å². The van der Waals surface area contributed by atoms with Crippen molar-refractivity contribution in [2.24, 2.45) is 0 Å². The Kier molecular flexibility index (Phi) is 5.77. The third-order valence-corrected chi connectivity index (χ3v) is 5.82. The number of hydrogen-bond acceptors (Lipinski definition) is 5. The third kappa shape index (κ3) is 3.91. The zero-order valence-electron chi connectivity index (χ0n) is 16.8. The van der Waals surface area contributed by atoms with Crippen molar-refractivity contribution in [2.75, 3.05) is 11.5 Å². The number of anilines is 1. The number of benzene rings is 2. The molecule has 1 aromatic heterocycles. The molecule has 5 nitrogen and oxygen atoms in total. The van der Waals surface area contributed by atoms with E-state index >= 15 is 0 Å². The van der Waals surface area contributed by atoms with Gasteiger partial charge in [-0.25, -0.2) is 4.90 Å². The first-order valence-corrected chi connectivity index (χ1v) is 10.6. The maximum absolute atomic E-state index is 13.4. The molecule has 2 aromatic carbocycles. The summed E-state index contributed by atoms with van der Waals surface area (Å²) in [6, 6.07) is 18.3. The van der Waals surface area contributed by atoms with Gasteiger partial charge in [0.2, 0.25) is 0 Å². The Hall–Kier alpha value is -3.25. The van der Waals surface area contributed by atoms with Crippen LogP contribution >= 0.6 is 11.8 Å². The Morgan fingerprint density at radius 2 is 1.70 bits per heavy atom. The average molecular weight is 420 g/mol. The van der Waals surface area contributed by atoms with E-state index in [4.69, 9.17) is 9.15 Å². The highest BCUT2D eigenvalue weighted by atomic mass is 32.2. The minimum Gasteiger partial charge on any atom is -0.494 e. The van der Waals surface area contributed by atoms with Crippen LogP contribution in [0.5, 0.6) is 5.75 Å². The number of ether oxygens (including phenoxy) is 1. The first kappa shape index (κ1) is 20.0. The number of thioether (sulfide) groups is 1. The SMILES string of the molecule is CCOc1ccc(N2C(=O)C(SCc3ccco3)=C(c3ccc(C)cc3)C2=O)cc1.